The number of piperazine rings is 1. The van der Waals surface area contributed by atoms with Gasteiger partial charge < -0.3 is 19.5 Å². The molecule has 1 fully saturated rings. The molecule has 27 heavy (non-hydrogen) atoms. The lowest BCUT2D eigenvalue weighted by Gasteiger charge is -2.36. The standard InChI is InChI=1S/C21H22FN3O2/c1-14-18-13-17(27-2)7-8-19(18)23-20(14)21(26)25-11-9-24(10-12-25)16-5-3-15(22)4-6-16/h3-8,13,23H,9-12H2,1-2H3. The number of ether oxygens (including phenoxy) is 1. The lowest BCUT2D eigenvalue weighted by molar-refractivity contribution is 0.0741. The summed E-state index contributed by atoms with van der Waals surface area (Å²) in [4.78, 5) is 20.3. The minimum atomic E-state index is -0.238. The molecule has 1 aliphatic rings. The smallest absolute Gasteiger partial charge is 0.270 e. The van der Waals surface area contributed by atoms with E-state index in [1.165, 1.54) is 12.1 Å². The third kappa shape index (κ3) is 3.23. The van der Waals surface area contributed by atoms with Crippen molar-refractivity contribution < 1.29 is 13.9 Å². The van der Waals surface area contributed by atoms with Crippen molar-refractivity contribution in [2.24, 2.45) is 0 Å². The number of anilines is 1. The molecular formula is C21H22FN3O2. The van der Waals surface area contributed by atoms with Crippen LogP contribution in [0.25, 0.3) is 10.9 Å². The second-order valence-corrected chi connectivity index (χ2v) is 6.79. The van der Waals surface area contributed by atoms with Crippen LogP contribution in [0.15, 0.2) is 42.5 Å². The zero-order valence-electron chi connectivity index (χ0n) is 15.5. The number of hydrogen-bond acceptors (Lipinski definition) is 3. The van der Waals surface area contributed by atoms with Crippen LogP contribution in [0.3, 0.4) is 0 Å². The van der Waals surface area contributed by atoms with Crippen LogP contribution in [0.5, 0.6) is 5.75 Å². The summed E-state index contributed by atoms with van der Waals surface area (Å²) < 4.78 is 18.4. The van der Waals surface area contributed by atoms with Crippen molar-refractivity contribution in [1.82, 2.24) is 9.88 Å². The van der Waals surface area contributed by atoms with Crippen LogP contribution in [0.2, 0.25) is 0 Å². The molecule has 0 aliphatic carbocycles. The van der Waals surface area contributed by atoms with Crippen molar-refractivity contribution >= 4 is 22.5 Å². The molecule has 1 aromatic heterocycles. The zero-order chi connectivity index (χ0) is 19.0. The van der Waals surface area contributed by atoms with Crippen LogP contribution in [0.4, 0.5) is 10.1 Å². The molecule has 5 nitrogen and oxygen atoms in total. The fourth-order valence-corrected chi connectivity index (χ4v) is 3.62. The Morgan fingerprint density at radius 2 is 1.78 bits per heavy atom. The Morgan fingerprint density at radius 1 is 1.07 bits per heavy atom. The highest BCUT2D eigenvalue weighted by molar-refractivity contribution is 6.01. The van der Waals surface area contributed by atoms with Gasteiger partial charge in [-0.05, 0) is 55.0 Å². The van der Waals surface area contributed by atoms with E-state index in [-0.39, 0.29) is 11.7 Å². The first kappa shape index (κ1) is 17.4. The van der Waals surface area contributed by atoms with Crippen LogP contribution in [-0.4, -0.2) is 49.1 Å². The van der Waals surface area contributed by atoms with Gasteiger partial charge in [0.15, 0.2) is 0 Å². The molecule has 0 unspecified atom stereocenters. The quantitative estimate of drug-likeness (QED) is 0.770. The molecule has 1 N–H and O–H groups in total. The maximum absolute atomic E-state index is 13.1. The highest BCUT2D eigenvalue weighted by atomic mass is 19.1. The fraction of sp³-hybridized carbons (Fsp3) is 0.286. The van der Waals surface area contributed by atoms with E-state index in [4.69, 9.17) is 4.74 Å². The highest BCUT2D eigenvalue weighted by Gasteiger charge is 2.25. The number of carbonyl (C=O) groups excluding carboxylic acids is 1. The molecule has 3 aromatic rings. The SMILES string of the molecule is COc1ccc2[nH]c(C(=O)N3CCN(c4ccc(F)cc4)CC3)c(C)c2c1. The Morgan fingerprint density at radius 3 is 2.44 bits per heavy atom. The van der Waals surface area contributed by atoms with E-state index < -0.39 is 0 Å². The summed E-state index contributed by atoms with van der Waals surface area (Å²) in [6.07, 6.45) is 0. The van der Waals surface area contributed by atoms with E-state index in [1.807, 2.05) is 30.0 Å². The second kappa shape index (κ2) is 6.95. The predicted molar refractivity (Wildman–Crippen MR) is 104 cm³/mol. The molecule has 0 radical (unpaired) electrons. The van der Waals surface area contributed by atoms with E-state index in [2.05, 4.69) is 9.88 Å². The maximum Gasteiger partial charge on any atom is 0.270 e. The Bertz CT molecular complexity index is 973. The minimum Gasteiger partial charge on any atom is -0.497 e. The molecule has 1 amide bonds. The van der Waals surface area contributed by atoms with Crippen molar-refractivity contribution in [3.05, 3.63) is 59.5 Å². The van der Waals surface area contributed by atoms with Crippen LogP contribution < -0.4 is 9.64 Å². The summed E-state index contributed by atoms with van der Waals surface area (Å²) >= 11 is 0. The fourth-order valence-electron chi connectivity index (χ4n) is 3.62. The van der Waals surface area contributed by atoms with Gasteiger partial charge in [0.05, 0.1) is 7.11 Å². The van der Waals surface area contributed by atoms with E-state index in [0.29, 0.717) is 18.8 Å². The van der Waals surface area contributed by atoms with Gasteiger partial charge in [-0.2, -0.15) is 0 Å². The Balaban J connectivity index is 1.50. The van der Waals surface area contributed by atoms with Crippen molar-refractivity contribution in [2.45, 2.75) is 6.92 Å². The van der Waals surface area contributed by atoms with Crippen molar-refractivity contribution in [3.63, 3.8) is 0 Å². The summed E-state index contributed by atoms with van der Waals surface area (Å²) in [5, 5.41) is 1.00. The van der Waals surface area contributed by atoms with E-state index in [0.717, 1.165) is 41.0 Å². The summed E-state index contributed by atoms with van der Waals surface area (Å²) in [5.41, 5.74) is 3.49. The molecule has 6 heteroatoms. The van der Waals surface area contributed by atoms with Crippen molar-refractivity contribution in [2.75, 3.05) is 38.2 Å². The summed E-state index contributed by atoms with van der Waals surface area (Å²) in [6, 6.07) is 12.3. The number of benzene rings is 2. The van der Waals surface area contributed by atoms with Crippen LogP contribution in [0, 0.1) is 12.7 Å². The summed E-state index contributed by atoms with van der Waals surface area (Å²) in [7, 11) is 1.63. The number of methoxy groups -OCH3 is 1. The molecule has 4 rings (SSSR count). The van der Waals surface area contributed by atoms with Gasteiger partial charge in [0, 0.05) is 42.8 Å². The first-order valence-electron chi connectivity index (χ1n) is 9.03. The largest absolute Gasteiger partial charge is 0.497 e. The van der Waals surface area contributed by atoms with Crippen LogP contribution in [0.1, 0.15) is 16.1 Å². The number of hydrogen-bond donors (Lipinski definition) is 1. The lowest BCUT2D eigenvalue weighted by Crippen LogP contribution is -2.49. The number of fused-ring (bicyclic) bond motifs is 1. The average Bonchev–Trinajstić information content (AvgIpc) is 3.04. The summed E-state index contributed by atoms with van der Waals surface area (Å²) in [6.45, 7) is 4.68. The van der Waals surface area contributed by atoms with Crippen LogP contribution >= 0.6 is 0 Å². The monoisotopic (exact) mass is 367 g/mol. The normalized spacial score (nSPS) is 14.6. The second-order valence-electron chi connectivity index (χ2n) is 6.79. The zero-order valence-corrected chi connectivity index (χ0v) is 15.5. The Kier molecular flexibility index (Phi) is 4.48. The van der Waals surface area contributed by atoms with Crippen molar-refractivity contribution in [3.8, 4) is 5.75 Å². The predicted octanol–water partition coefficient (Wildman–Crippen LogP) is 3.59. The molecular weight excluding hydrogens is 345 g/mol. The van der Waals surface area contributed by atoms with Gasteiger partial charge in [-0.15, -0.1) is 0 Å². The van der Waals surface area contributed by atoms with Gasteiger partial charge >= 0.3 is 0 Å². The van der Waals surface area contributed by atoms with Gasteiger partial charge in [-0.25, -0.2) is 4.39 Å². The third-order valence-corrected chi connectivity index (χ3v) is 5.24. The topological polar surface area (TPSA) is 48.6 Å². The molecule has 2 heterocycles. The van der Waals surface area contributed by atoms with E-state index >= 15 is 0 Å². The Hall–Kier alpha value is -3.02. The maximum atomic E-state index is 13.1. The number of aryl methyl sites for hydroxylation is 1. The number of nitrogens with one attached hydrogen (secondary N) is 1. The van der Waals surface area contributed by atoms with Crippen LogP contribution in [-0.2, 0) is 0 Å². The van der Waals surface area contributed by atoms with Gasteiger partial charge in [-0.1, -0.05) is 0 Å². The number of carbonyl (C=O) groups is 1. The van der Waals surface area contributed by atoms with Gasteiger partial charge in [-0.3, -0.25) is 4.79 Å². The molecule has 140 valence electrons. The molecule has 1 aliphatic heterocycles. The average molecular weight is 367 g/mol. The first-order valence-corrected chi connectivity index (χ1v) is 9.03. The molecule has 0 bridgehead atoms. The van der Waals surface area contributed by atoms with Crippen molar-refractivity contribution in [1.29, 1.82) is 0 Å². The number of nitrogens with zero attached hydrogens (tertiary/aromatic N) is 2. The molecule has 0 spiro atoms. The number of halogens is 1. The third-order valence-electron chi connectivity index (χ3n) is 5.24. The van der Waals surface area contributed by atoms with Gasteiger partial charge in [0.1, 0.15) is 17.3 Å². The number of aromatic nitrogens is 1. The van der Waals surface area contributed by atoms with Gasteiger partial charge in [0.2, 0.25) is 0 Å². The lowest BCUT2D eigenvalue weighted by atomic mass is 10.1. The van der Waals surface area contributed by atoms with Gasteiger partial charge in [0.25, 0.3) is 5.91 Å². The number of H-pyrrole nitrogens is 1. The molecule has 2 aromatic carbocycles. The first-order chi connectivity index (χ1) is 13.1. The van der Waals surface area contributed by atoms with E-state index in [1.54, 1.807) is 19.2 Å². The van der Waals surface area contributed by atoms with E-state index in [9.17, 15) is 9.18 Å². The number of amides is 1. The minimum absolute atomic E-state index is 0.0152. The number of aromatic amines is 1. The number of rotatable bonds is 3. The summed E-state index contributed by atoms with van der Waals surface area (Å²) in [5.74, 6) is 0.552. The molecule has 0 atom stereocenters. The Labute approximate surface area is 157 Å². The molecule has 1 saturated heterocycles. The highest BCUT2D eigenvalue weighted by Crippen LogP contribution is 2.27. The molecule has 0 saturated carbocycles.